The average Bonchev–Trinajstić information content (AvgIpc) is 2.14. The third kappa shape index (κ3) is 2.30. The van der Waals surface area contributed by atoms with E-state index in [2.05, 4.69) is 5.32 Å². The van der Waals surface area contributed by atoms with Crippen molar-refractivity contribution in [2.24, 2.45) is 0 Å². The summed E-state index contributed by atoms with van der Waals surface area (Å²) in [5, 5.41) is 23.0. The van der Waals surface area contributed by atoms with Gasteiger partial charge in [-0.05, 0) is 31.4 Å². The molecule has 2 N–H and O–H groups in total. The van der Waals surface area contributed by atoms with Crippen LogP contribution in [0.3, 0.4) is 0 Å². The molecule has 0 heterocycles. The number of aryl methyl sites for hydroxylation is 1. The molecule has 16 heavy (non-hydrogen) atoms. The maximum Gasteiger partial charge on any atom is 0.271 e. The van der Waals surface area contributed by atoms with Crippen molar-refractivity contribution >= 4 is 11.4 Å². The Kier molecular flexibility index (Phi) is 2.78. The molecule has 1 aromatic rings. The first-order chi connectivity index (χ1) is 7.54. The summed E-state index contributed by atoms with van der Waals surface area (Å²) in [6.07, 6.45) is 1.20. The van der Waals surface area contributed by atoms with Crippen molar-refractivity contribution in [1.29, 1.82) is 0 Å². The maximum absolute atomic E-state index is 10.7. The summed E-state index contributed by atoms with van der Waals surface area (Å²) in [5.74, 6) is 0. The predicted molar refractivity (Wildman–Crippen MR) is 60.5 cm³/mol. The van der Waals surface area contributed by atoms with Crippen molar-refractivity contribution in [3.8, 4) is 0 Å². The Balaban J connectivity index is 2.11. The lowest BCUT2D eigenvalue weighted by molar-refractivity contribution is -0.384. The zero-order valence-electron chi connectivity index (χ0n) is 9.01. The van der Waals surface area contributed by atoms with Gasteiger partial charge in [-0.3, -0.25) is 10.1 Å². The van der Waals surface area contributed by atoms with E-state index < -0.39 is 4.92 Å². The first-order valence-corrected chi connectivity index (χ1v) is 5.25. The quantitative estimate of drug-likeness (QED) is 0.604. The number of nitrogens with zero attached hydrogens (tertiary/aromatic N) is 1. The third-order valence-electron chi connectivity index (χ3n) is 2.76. The van der Waals surface area contributed by atoms with E-state index in [4.69, 9.17) is 5.11 Å². The Labute approximate surface area is 93.2 Å². The van der Waals surface area contributed by atoms with Crippen LogP contribution in [0.4, 0.5) is 11.4 Å². The Morgan fingerprint density at radius 3 is 2.69 bits per heavy atom. The molecule has 0 bridgehead atoms. The molecule has 1 aromatic carbocycles. The Morgan fingerprint density at radius 2 is 2.12 bits per heavy atom. The van der Waals surface area contributed by atoms with Gasteiger partial charge in [0, 0.05) is 23.9 Å². The van der Waals surface area contributed by atoms with E-state index in [1.54, 1.807) is 6.07 Å². The van der Waals surface area contributed by atoms with Crippen molar-refractivity contribution in [2.75, 3.05) is 5.32 Å². The Morgan fingerprint density at radius 1 is 1.44 bits per heavy atom. The minimum atomic E-state index is -0.395. The number of anilines is 1. The highest BCUT2D eigenvalue weighted by Gasteiger charge is 2.27. The highest BCUT2D eigenvalue weighted by Crippen LogP contribution is 2.26. The van der Waals surface area contributed by atoms with Gasteiger partial charge in [0.05, 0.1) is 11.0 Å². The number of hydrogen-bond donors (Lipinski definition) is 2. The van der Waals surface area contributed by atoms with Crippen molar-refractivity contribution in [1.82, 2.24) is 0 Å². The third-order valence-corrected chi connectivity index (χ3v) is 2.76. The molecule has 0 saturated heterocycles. The van der Waals surface area contributed by atoms with Crippen LogP contribution in [0.25, 0.3) is 0 Å². The Hall–Kier alpha value is -1.62. The van der Waals surface area contributed by atoms with Crippen molar-refractivity contribution < 1.29 is 10.0 Å². The van der Waals surface area contributed by atoms with Gasteiger partial charge < -0.3 is 10.4 Å². The molecule has 0 spiro atoms. The van der Waals surface area contributed by atoms with Crippen LogP contribution in [0.15, 0.2) is 18.2 Å². The van der Waals surface area contributed by atoms with Gasteiger partial charge in [0.1, 0.15) is 0 Å². The number of hydrogen-bond acceptors (Lipinski definition) is 4. The van der Waals surface area contributed by atoms with Gasteiger partial charge in [-0.1, -0.05) is 0 Å². The number of benzene rings is 1. The standard InChI is InChI=1S/C11H14N2O3/c1-7-2-8(4-10(3-7)13(15)16)12-9-5-11(14)6-9/h2-4,9,11-12,14H,5-6H2,1H3. The lowest BCUT2D eigenvalue weighted by Crippen LogP contribution is -2.38. The van der Waals surface area contributed by atoms with E-state index in [0.717, 1.165) is 11.3 Å². The normalized spacial score (nSPS) is 23.6. The summed E-state index contributed by atoms with van der Waals surface area (Å²) < 4.78 is 0. The van der Waals surface area contributed by atoms with Crippen LogP contribution in [0.5, 0.6) is 0 Å². The van der Waals surface area contributed by atoms with Gasteiger partial charge in [-0.25, -0.2) is 0 Å². The molecule has 5 heteroatoms. The van der Waals surface area contributed by atoms with Crippen molar-refractivity contribution in [2.45, 2.75) is 31.9 Å². The highest BCUT2D eigenvalue weighted by molar-refractivity contribution is 5.54. The van der Waals surface area contributed by atoms with Gasteiger partial charge in [0.2, 0.25) is 0 Å². The number of nitro benzene ring substituents is 1. The molecule has 5 nitrogen and oxygen atoms in total. The summed E-state index contributed by atoms with van der Waals surface area (Å²) in [7, 11) is 0. The van der Waals surface area contributed by atoms with Gasteiger partial charge in [-0.2, -0.15) is 0 Å². The number of aliphatic hydroxyl groups excluding tert-OH is 1. The summed E-state index contributed by atoms with van der Waals surface area (Å²) in [6.45, 7) is 1.83. The lowest BCUT2D eigenvalue weighted by atomic mass is 9.89. The van der Waals surface area contributed by atoms with Crippen LogP contribution in [0.2, 0.25) is 0 Å². The second-order valence-corrected chi connectivity index (χ2v) is 4.28. The van der Waals surface area contributed by atoms with E-state index >= 15 is 0 Å². The average molecular weight is 222 g/mol. The minimum Gasteiger partial charge on any atom is -0.393 e. The number of non-ortho nitro benzene ring substituents is 1. The molecule has 1 aliphatic carbocycles. The van der Waals surface area contributed by atoms with Gasteiger partial charge >= 0.3 is 0 Å². The number of aliphatic hydroxyl groups is 1. The maximum atomic E-state index is 10.7. The molecule has 1 fully saturated rings. The molecule has 0 aliphatic heterocycles. The summed E-state index contributed by atoms with van der Waals surface area (Å²) in [6, 6.07) is 5.17. The van der Waals surface area contributed by atoms with Crippen LogP contribution in [0, 0.1) is 17.0 Å². The fourth-order valence-electron chi connectivity index (χ4n) is 1.89. The molecule has 0 atom stereocenters. The number of nitrogens with one attached hydrogen (secondary N) is 1. The van der Waals surface area contributed by atoms with E-state index in [9.17, 15) is 10.1 Å². The van der Waals surface area contributed by atoms with Crippen LogP contribution >= 0.6 is 0 Å². The summed E-state index contributed by atoms with van der Waals surface area (Å²) in [5.41, 5.74) is 1.71. The molecule has 1 aliphatic rings. The molecule has 2 rings (SSSR count). The molecular weight excluding hydrogens is 208 g/mol. The summed E-state index contributed by atoms with van der Waals surface area (Å²) in [4.78, 5) is 10.3. The van der Waals surface area contributed by atoms with E-state index in [1.165, 1.54) is 6.07 Å². The molecule has 1 saturated carbocycles. The topological polar surface area (TPSA) is 75.4 Å². The van der Waals surface area contributed by atoms with Crippen LogP contribution in [-0.2, 0) is 0 Å². The molecular formula is C11H14N2O3. The molecule has 0 amide bonds. The fraction of sp³-hybridized carbons (Fsp3) is 0.455. The molecule has 0 unspecified atom stereocenters. The lowest BCUT2D eigenvalue weighted by Gasteiger charge is -2.32. The Bertz CT molecular complexity index is 414. The second kappa shape index (κ2) is 4.09. The molecule has 0 aromatic heterocycles. The monoisotopic (exact) mass is 222 g/mol. The van der Waals surface area contributed by atoms with E-state index in [0.29, 0.717) is 12.8 Å². The number of nitro groups is 1. The summed E-state index contributed by atoms with van der Waals surface area (Å²) >= 11 is 0. The van der Waals surface area contributed by atoms with Crippen molar-refractivity contribution in [3.05, 3.63) is 33.9 Å². The zero-order valence-corrected chi connectivity index (χ0v) is 9.01. The fourth-order valence-corrected chi connectivity index (χ4v) is 1.89. The first kappa shape index (κ1) is 10.9. The number of rotatable bonds is 3. The van der Waals surface area contributed by atoms with Gasteiger partial charge in [0.15, 0.2) is 0 Å². The minimum absolute atomic E-state index is 0.0994. The SMILES string of the molecule is Cc1cc(NC2CC(O)C2)cc([N+](=O)[O-])c1. The predicted octanol–water partition coefficient (Wildman–Crippen LogP) is 1.84. The van der Waals surface area contributed by atoms with Crippen LogP contribution < -0.4 is 5.32 Å². The highest BCUT2D eigenvalue weighted by atomic mass is 16.6. The largest absolute Gasteiger partial charge is 0.393 e. The molecule has 86 valence electrons. The van der Waals surface area contributed by atoms with Gasteiger partial charge in [-0.15, -0.1) is 0 Å². The first-order valence-electron chi connectivity index (χ1n) is 5.25. The van der Waals surface area contributed by atoms with Gasteiger partial charge in [0.25, 0.3) is 5.69 Å². The zero-order chi connectivity index (χ0) is 11.7. The van der Waals surface area contributed by atoms with E-state index in [1.807, 2.05) is 13.0 Å². The van der Waals surface area contributed by atoms with Crippen LogP contribution in [0.1, 0.15) is 18.4 Å². The van der Waals surface area contributed by atoms with Crippen molar-refractivity contribution in [3.63, 3.8) is 0 Å². The second-order valence-electron chi connectivity index (χ2n) is 4.28. The molecule has 0 radical (unpaired) electrons. The van der Waals surface area contributed by atoms with Crippen LogP contribution in [-0.4, -0.2) is 22.2 Å². The van der Waals surface area contributed by atoms with E-state index in [-0.39, 0.29) is 17.8 Å². The smallest absolute Gasteiger partial charge is 0.271 e.